The molecule has 0 saturated heterocycles. The SMILES string of the molecule is CC(=O)Nc1ccc(C(CC=O)C(N)=O)cc1. The highest BCUT2D eigenvalue weighted by Crippen LogP contribution is 2.20. The van der Waals surface area contributed by atoms with E-state index in [9.17, 15) is 14.4 Å². The number of nitrogens with two attached hydrogens (primary N) is 1. The van der Waals surface area contributed by atoms with Crippen LogP contribution in [0.3, 0.4) is 0 Å². The van der Waals surface area contributed by atoms with E-state index in [-0.39, 0.29) is 12.3 Å². The molecule has 0 bridgehead atoms. The number of hydrogen-bond donors (Lipinski definition) is 2. The number of rotatable bonds is 5. The molecule has 1 aromatic carbocycles. The maximum atomic E-state index is 11.1. The average Bonchev–Trinajstić information content (AvgIpc) is 2.26. The van der Waals surface area contributed by atoms with Crippen molar-refractivity contribution < 1.29 is 14.4 Å². The maximum absolute atomic E-state index is 11.1. The molecule has 0 heterocycles. The number of hydrogen-bond acceptors (Lipinski definition) is 3. The number of carbonyl (C=O) groups excluding carboxylic acids is 3. The van der Waals surface area contributed by atoms with Gasteiger partial charge >= 0.3 is 0 Å². The third-order valence-corrected chi connectivity index (χ3v) is 2.31. The second-order valence-corrected chi connectivity index (χ2v) is 3.66. The van der Waals surface area contributed by atoms with Crippen molar-refractivity contribution in [3.05, 3.63) is 29.8 Å². The fraction of sp³-hybridized carbons (Fsp3) is 0.250. The van der Waals surface area contributed by atoms with Crippen molar-refractivity contribution in [2.45, 2.75) is 19.3 Å². The van der Waals surface area contributed by atoms with Crippen molar-refractivity contribution in [1.29, 1.82) is 0 Å². The van der Waals surface area contributed by atoms with Crippen molar-refractivity contribution in [2.75, 3.05) is 5.32 Å². The van der Waals surface area contributed by atoms with E-state index in [4.69, 9.17) is 5.73 Å². The third kappa shape index (κ3) is 3.71. The van der Waals surface area contributed by atoms with Gasteiger partial charge in [-0.3, -0.25) is 9.59 Å². The summed E-state index contributed by atoms with van der Waals surface area (Å²) in [6, 6.07) is 6.67. The Labute approximate surface area is 99.0 Å². The Bertz CT molecular complexity index is 426. The Morgan fingerprint density at radius 2 is 1.94 bits per heavy atom. The second kappa shape index (κ2) is 5.79. The van der Waals surface area contributed by atoms with E-state index in [0.717, 1.165) is 0 Å². The van der Waals surface area contributed by atoms with Gasteiger partial charge in [-0.1, -0.05) is 12.1 Å². The molecular formula is C12H14N2O3. The first-order valence-corrected chi connectivity index (χ1v) is 5.15. The number of amides is 2. The first-order valence-electron chi connectivity index (χ1n) is 5.15. The lowest BCUT2D eigenvalue weighted by atomic mass is 9.95. The van der Waals surface area contributed by atoms with Gasteiger partial charge < -0.3 is 15.8 Å². The lowest BCUT2D eigenvalue weighted by Gasteiger charge is -2.11. The summed E-state index contributed by atoms with van der Waals surface area (Å²) in [6.07, 6.45) is 0.728. The van der Waals surface area contributed by atoms with Crippen LogP contribution in [0.4, 0.5) is 5.69 Å². The van der Waals surface area contributed by atoms with Gasteiger partial charge in [-0.2, -0.15) is 0 Å². The Hall–Kier alpha value is -2.17. The lowest BCUT2D eigenvalue weighted by Crippen LogP contribution is -2.21. The fourth-order valence-electron chi connectivity index (χ4n) is 1.51. The second-order valence-electron chi connectivity index (χ2n) is 3.66. The highest BCUT2D eigenvalue weighted by molar-refractivity contribution is 5.89. The molecule has 1 atom stereocenters. The first-order chi connectivity index (χ1) is 8.04. The minimum atomic E-state index is -0.612. The molecule has 90 valence electrons. The zero-order valence-electron chi connectivity index (χ0n) is 9.47. The van der Waals surface area contributed by atoms with Crippen LogP contribution in [0.2, 0.25) is 0 Å². The van der Waals surface area contributed by atoms with Crippen molar-refractivity contribution in [3.8, 4) is 0 Å². The molecule has 17 heavy (non-hydrogen) atoms. The number of primary amides is 1. The van der Waals surface area contributed by atoms with Crippen LogP contribution in [0.25, 0.3) is 0 Å². The van der Waals surface area contributed by atoms with E-state index >= 15 is 0 Å². The van der Waals surface area contributed by atoms with E-state index < -0.39 is 11.8 Å². The maximum Gasteiger partial charge on any atom is 0.225 e. The zero-order valence-corrected chi connectivity index (χ0v) is 9.47. The van der Waals surface area contributed by atoms with E-state index in [0.29, 0.717) is 17.5 Å². The summed E-state index contributed by atoms with van der Waals surface area (Å²) in [5.74, 6) is -1.32. The van der Waals surface area contributed by atoms with Crippen molar-refractivity contribution in [1.82, 2.24) is 0 Å². The van der Waals surface area contributed by atoms with Crippen molar-refractivity contribution in [2.24, 2.45) is 5.73 Å². The van der Waals surface area contributed by atoms with Crippen LogP contribution in [0.15, 0.2) is 24.3 Å². The van der Waals surface area contributed by atoms with Gasteiger partial charge in [-0.15, -0.1) is 0 Å². The third-order valence-electron chi connectivity index (χ3n) is 2.31. The van der Waals surface area contributed by atoms with Crippen molar-refractivity contribution >= 4 is 23.8 Å². The largest absolute Gasteiger partial charge is 0.369 e. The van der Waals surface area contributed by atoms with E-state index in [1.807, 2.05) is 0 Å². The van der Waals surface area contributed by atoms with Crippen LogP contribution in [0.1, 0.15) is 24.8 Å². The lowest BCUT2D eigenvalue weighted by molar-refractivity contribution is -0.121. The van der Waals surface area contributed by atoms with Gasteiger partial charge in [0, 0.05) is 19.0 Å². The van der Waals surface area contributed by atoms with Crippen LogP contribution in [-0.4, -0.2) is 18.1 Å². The van der Waals surface area contributed by atoms with Gasteiger partial charge in [0.05, 0.1) is 5.92 Å². The molecule has 5 nitrogen and oxygen atoms in total. The van der Waals surface area contributed by atoms with Gasteiger partial charge in [-0.05, 0) is 17.7 Å². The Kier molecular flexibility index (Phi) is 4.39. The highest BCUT2D eigenvalue weighted by atomic mass is 16.2. The molecule has 0 aliphatic carbocycles. The Balaban J connectivity index is 2.87. The molecule has 0 aliphatic heterocycles. The minimum Gasteiger partial charge on any atom is -0.369 e. The molecule has 0 spiro atoms. The molecule has 1 unspecified atom stereocenters. The molecule has 0 radical (unpaired) electrons. The highest BCUT2D eigenvalue weighted by Gasteiger charge is 2.16. The van der Waals surface area contributed by atoms with Gasteiger partial charge in [0.25, 0.3) is 0 Å². The normalized spacial score (nSPS) is 11.6. The fourth-order valence-corrected chi connectivity index (χ4v) is 1.51. The molecule has 0 aromatic heterocycles. The average molecular weight is 234 g/mol. The number of benzene rings is 1. The number of anilines is 1. The Morgan fingerprint density at radius 3 is 2.35 bits per heavy atom. The smallest absolute Gasteiger partial charge is 0.225 e. The monoisotopic (exact) mass is 234 g/mol. The molecule has 0 aliphatic rings. The standard InChI is InChI=1S/C12H14N2O3/c1-8(16)14-10-4-2-9(3-5-10)11(6-7-15)12(13)17/h2-5,7,11H,6H2,1H3,(H2,13,17)(H,14,16). The van der Waals surface area contributed by atoms with Crippen LogP contribution in [0, 0.1) is 0 Å². The topological polar surface area (TPSA) is 89.3 Å². The van der Waals surface area contributed by atoms with Gasteiger partial charge in [0.2, 0.25) is 11.8 Å². The summed E-state index contributed by atoms with van der Waals surface area (Å²) in [6.45, 7) is 1.41. The van der Waals surface area contributed by atoms with Crippen LogP contribution >= 0.6 is 0 Å². The predicted molar refractivity (Wildman–Crippen MR) is 63.4 cm³/mol. The van der Waals surface area contributed by atoms with Crippen LogP contribution in [0.5, 0.6) is 0 Å². The summed E-state index contributed by atoms with van der Waals surface area (Å²) in [5, 5.41) is 2.61. The molecule has 0 saturated carbocycles. The van der Waals surface area contributed by atoms with E-state index in [1.165, 1.54) is 6.92 Å². The Morgan fingerprint density at radius 1 is 1.35 bits per heavy atom. The summed E-state index contributed by atoms with van der Waals surface area (Å²) >= 11 is 0. The summed E-state index contributed by atoms with van der Waals surface area (Å²) < 4.78 is 0. The molecule has 3 N–H and O–H groups in total. The van der Waals surface area contributed by atoms with Gasteiger partial charge in [0.15, 0.2) is 0 Å². The quantitative estimate of drug-likeness (QED) is 0.738. The molecule has 1 rings (SSSR count). The predicted octanol–water partition coefficient (Wildman–Crippen LogP) is 0.803. The first kappa shape index (κ1) is 12.9. The van der Waals surface area contributed by atoms with E-state index in [2.05, 4.69) is 5.32 Å². The summed E-state index contributed by atoms with van der Waals surface area (Å²) in [5.41, 5.74) is 6.51. The number of nitrogens with one attached hydrogen (secondary N) is 1. The van der Waals surface area contributed by atoms with Crippen molar-refractivity contribution in [3.63, 3.8) is 0 Å². The van der Waals surface area contributed by atoms with Gasteiger partial charge in [-0.25, -0.2) is 0 Å². The van der Waals surface area contributed by atoms with Gasteiger partial charge in [0.1, 0.15) is 6.29 Å². The number of carbonyl (C=O) groups is 3. The van der Waals surface area contributed by atoms with Crippen LogP contribution < -0.4 is 11.1 Å². The summed E-state index contributed by atoms with van der Waals surface area (Å²) in [7, 11) is 0. The zero-order chi connectivity index (χ0) is 12.8. The number of aldehydes is 1. The minimum absolute atomic E-state index is 0.0643. The molecule has 5 heteroatoms. The molecule has 0 fully saturated rings. The molecule has 2 amide bonds. The molecular weight excluding hydrogens is 220 g/mol. The van der Waals surface area contributed by atoms with E-state index in [1.54, 1.807) is 24.3 Å². The summed E-state index contributed by atoms with van der Waals surface area (Å²) in [4.78, 5) is 32.4. The molecule has 1 aromatic rings. The van der Waals surface area contributed by atoms with Crippen LogP contribution in [-0.2, 0) is 14.4 Å².